The molecule has 2 aromatic heterocycles. The van der Waals surface area contributed by atoms with Crippen LogP contribution in [0.15, 0.2) is 53.3 Å². The highest BCUT2D eigenvalue weighted by atomic mass is 32.2. The van der Waals surface area contributed by atoms with E-state index in [0.29, 0.717) is 33.2 Å². The zero-order valence-electron chi connectivity index (χ0n) is 15.7. The van der Waals surface area contributed by atoms with Crippen LogP contribution in [0.5, 0.6) is 11.5 Å². The van der Waals surface area contributed by atoms with Crippen molar-refractivity contribution in [2.45, 2.75) is 11.8 Å². The Kier molecular flexibility index (Phi) is 4.49. The Hall–Kier alpha value is -2.95. The number of aryl methyl sites for hydroxylation is 1. The molecule has 7 nitrogen and oxygen atoms in total. The van der Waals surface area contributed by atoms with Gasteiger partial charge in [-0.3, -0.25) is 4.72 Å². The van der Waals surface area contributed by atoms with E-state index < -0.39 is 10.0 Å². The first-order chi connectivity index (χ1) is 14.4. The quantitative estimate of drug-likeness (QED) is 0.469. The summed E-state index contributed by atoms with van der Waals surface area (Å²) in [6.07, 6.45) is 0. The smallest absolute Gasteiger partial charge is 0.263 e. The molecule has 5 rings (SSSR count). The zero-order valence-corrected chi connectivity index (χ0v) is 18.2. The molecule has 30 heavy (non-hydrogen) atoms. The van der Waals surface area contributed by atoms with Crippen LogP contribution in [-0.4, -0.2) is 24.0 Å². The fraction of sp³-hybridized carbons (Fsp3) is 0.100. The van der Waals surface area contributed by atoms with E-state index in [1.165, 1.54) is 11.3 Å². The molecule has 0 fully saturated rings. The van der Waals surface area contributed by atoms with Gasteiger partial charge in [0, 0.05) is 0 Å². The Morgan fingerprint density at radius 1 is 1.10 bits per heavy atom. The molecular weight excluding hydrogens is 442 g/mol. The number of hydrogen-bond acceptors (Lipinski definition) is 8. The second-order valence-corrected chi connectivity index (χ2v) is 9.78. The Morgan fingerprint density at radius 3 is 2.70 bits per heavy atom. The van der Waals surface area contributed by atoms with Crippen molar-refractivity contribution in [3.05, 3.63) is 64.4 Å². The van der Waals surface area contributed by atoms with Gasteiger partial charge in [-0.05, 0) is 65.4 Å². The van der Waals surface area contributed by atoms with Gasteiger partial charge in [0.2, 0.25) is 6.79 Å². The molecule has 0 saturated heterocycles. The van der Waals surface area contributed by atoms with Gasteiger partial charge in [0.15, 0.2) is 11.5 Å². The van der Waals surface area contributed by atoms with Gasteiger partial charge >= 0.3 is 0 Å². The number of anilines is 1. The third-order valence-corrected chi connectivity index (χ3v) is 7.83. The number of fused-ring (bicyclic) bond motifs is 2. The molecule has 1 aliphatic heterocycles. The lowest BCUT2D eigenvalue weighted by Crippen LogP contribution is -2.13. The third-order valence-electron chi connectivity index (χ3n) is 4.74. The summed E-state index contributed by atoms with van der Waals surface area (Å²) in [7, 11) is -3.83. The van der Waals surface area contributed by atoms with Crippen molar-refractivity contribution in [2.75, 3.05) is 11.5 Å². The first-order valence-electron chi connectivity index (χ1n) is 8.85. The topological polar surface area (TPSA) is 90.4 Å². The van der Waals surface area contributed by atoms with Gasteiger partial charge in [0.1, 0.15) is 15.9 Å². The van der Waals surface area contributed by atoms with Crippen molar-refractivity contribution >= 4 is 55.4 Å². The maximum absolute atomic E-state index is 13.1. The van der Waals surface area contributed by atoms with E-state index in [1.807, 2.05) is 19.1 Å². The largest absolute Gasteiger partial charge is 0.454 e. The fourth-order valence-electron chi connectivity index (χ4n) is 3.28. The standard InChI is InChI=1S/C20H15N3O4S3/c1-11-7-17-18(27-10-26-17)9-14(11)12(2)20-19(5-6-28-20)30(24,25)23-13-3-4-15-16(8-13)22-29-21-15/h3-9,23H,2,10H2,1H3. The molecule has 152 valence electrons. The van der Waals surface area contributed by atoms with Crippen molar-refractivity contribution in [3.63, 3.8) is 0 Å². The number of aromatic nitrogens is 2. The maximum Gasteiger partial charge on any atom is 0.263 e. The van der Waals surface area contributed by atoms with Gasteiger partial charge in [0.05, 0.1) is 22.3 Å². The van der Waals surface area contributed by atoms with E-state index in [1.54, 1.807) is 29.6 Å². The van der Waals surface area contributed by atoms with E-state index in [-0.39, 0.29) is 11.7 Å². The molecule has 10 heteroatoms. The second kappa shape index (κ2) is 7.08. The van der Waals surface area contributed by atoms with Crippen molar-refractivity contribution in [3.8, 4) is 11.5 Å². The molecule has 3 heterocycles. The van der Waals surface area contributed by atoms with Crippen LogP contribution in [0.2, 0.25) is 0 Å². The number of thiophene rings is 1. The summed E-state index contributed by atoms with van der Waals surface area (Å²) < 4.78 is 48.1. The number of benzene rings is 2. The van der Waals surface area contributed by atoms with E-state index in [9.17, 15) is 8.42 Å². The number of rotatable bonds is 5. The van der Waals surface area contributed by atoms with Crippen LogP contribution < -0.4 is 14.2 Å². The molecule has 0 aliphatic carbocycles. The summed E-state index contributed by atoms with van der Waals surface area (Å²) in [6, 6.07) is 10.4. The number of ether oxygens (including phenoxy) is 2. The molecule has 1 N–H and O–H groups in total. The van der Waals surface area contributed by atoms with Gasteiger partial charge in [-0.2, -0.15) is 8.75 Å². The van der Waals surface area contributed by atoms with Gasteiger partial charge in [0.25, 0.3) is 10.0 Å². The minimum Gasteiger partial charge on any atom is -0.454 e. The predicted molar refractivity (Wildman–Crippen MR) is 118 cm³/mol. The Morgan fingerprint density at radius 2 is 1.87 bits per heavy atom. The van der Waals surface area contributed by atoms with Gasteiger partial charge in [-0.1, -0.05) is 6.58 Å². The van der Waals surface area contributed by atoms with Crippen LogP contribution in [-0.2, 0) is 10.0 Å². The van der Waals surface area contributed by atoms with Crippen molar-refractivity contribution in [1.29, 1.82) is 0 Å². The number of nitrogens with one attached hydrogen (secondary N) is 1. The molecule has 4 aromatic rings. The monoisotopic (exact) mass is 457 g/mol. The molecule has 0 amide bonds. The molecule has 0 bridgehead atoms. The minimum absolute atomic E-state index is 0.172. The Balaban J connectivity index is 1.50. The average molecular weight is 458 g/mol. The summed E-state index contributed by atoms with van der Waals surface area (Å²) >= 11 is 2.41. The molecule has 0 atom stereocenters. The normalized spacial score (nSPS) is 13.0. The summed E-state index contributed by atoms with van der Waals surface area (Å²) in [6.45, 7) is 6.28. The van der Waals surface area contributed by atoms with Crippen LogP contribution in [0.4, 0.5) is 5.69 Å². The SMILES string of the molecule is C=C(c1cc2c(cc1C)OCO2)c1sccc1S(=O)(=O)Nc1ccc2nsnc2c1. The highest BCUT2D eigenvalue weighted by Gasteiger charge is 2.24. The number of sulfonamides is 1. The van der Waals surface area contributed by atoms with Crippen molar-refractivity contribution in [1.82, 2.24) is 8.75 Å². The lowest BCUT2D eigenvalue weighted by Gasteiger charge is -2.13. The van der Waals surface area contributed by atoms with Crippen LogP contribution in [0.25, 0.3) is 16.6 Å². The highest BCUT2D eigenvalue weighted by molar-refractivity contribution is 7.93. The van der Waals surface area contributed by atoms with Gasteiger partial charge in [-0.15, -0.1) is 11.3 Å². The third kappa shape index (κ3) is 3.22. The van der Waals surface area contributed by atoms with Crippen LogP contribution in [0.3, 0.4) is 0 Å². The summed E-state index contributed by atoms with van der Waals surface area (Å²) in [4.78, 5) is 0.743. The highest BCUT2D eigenvalue weighted by Crippen LogP contribution is 2.40. The molecule has 1 aliphatic rings. The van der Waals surface area contributed by atoms with Crippen LogP contribution in [0.1, 0.15) is 16.0 Å². The Bertz CT molecular complexity index is 1410. The predicted octanol–water partition coefficient (Wildman–Crippen LogP) is 4.65. The second-order valence-electron chi connectivity index (χ2n) is 6.69. The lowest BCUT2D eigenvalue weighted by atomic mass is 10.00. The summed E-state index contributed by atoms with van der Waals surface area (Å²) in [5.74, 6) is 1.30. The first-order valence-corrected chi connectivity index (χ1v) is 11.9. The molecular formula is C20H15N3O4S3. The summed E-state index contributed by atoms with van der Waals surface area (Å²) in [5, 5.41) is 1.74. The minimum atomic E-state index is -3.83. The van der Waals surface area contributed by atoms with E-state index in [2.05, 4.69) is 20.0 Å². The van der Waals surface area contributed by atoms with Gasteiger partial charge < -0.3 is 9.47 Å². The number of hydrogen-bond donors (Lipinski definition) is 1. The van der Waals surface area contributed by atoms with Gasteiger partial charge in [-0.25, -0.2) is 8.42 Å². The van der Waals surface area contributed by atoms with E-state index in [0.717, 1.165) is 28.4 Å². The molecule has 0 radical (unpaired) electrons. The average Bonchev–Trinajstić information content (AvgIpc) is 3.45. The molecule has 0 unspecified atom stereocenters. The fourth-order valence-corrected chi connectivity index (χ4v) is 6.29. The van der Waals surface area contributed by atoms with Crippen LogP contribution >= 0.6 is 23.1 Å². The molecule has 0 saturated carbocycles. The maximum atomic E-state index is 13.1. The van der Waals surface area contributed by atoms with Crippen LogP contribution in [0, 0.1) is 6.92 Å². The van der Waals surface area contributed by atoms with Crippen molar-refractivity contribution < 1.29 is 17.9 Å². The lowest BCUT2D eigenvalue weighted by molar-refractivity contribution is 0.174. The van der Waals surface area contributed by atoms with Crippen molar-refractivity contribution in [2.24, 2.45) is 0 Å². The zero-order chi connectivity index (χ0) is 20.9. The number of nitrogens with zero attached hydrogens (tertiary/aromatic N) is 2. The molecule has 0 spiro atoms. The molecule has 2 aromatic carbocycles. The summed E-state index contributed by atoms with van der Waals surface area (Å²) in [5.41, 5.74) is 4.15. The van der Waals surface area contributed by atoms with E-state index >= 15 is 0 Å². The Labute approximate surface area is 181 Å². The first kappa shape index (κ1) is 19.0. The van der Waals surface area contributed by atoms with E-state index in [4.69, 9.17) is 9.47 Å².